The molecule has 0 saturated carbocycles. The summed E-state index contributed by atoms with van der Waals surface area (Å²) in [4.78, 5) is 23.3. The molecule has 0 fully saturated rings. The van der Waals surface area contributed by atoms with Crippen LogP contribution in [0, 0.1) is 0 Å². The fraction of sp³-hybridized carbons (Fsp3) is 0.615. The van der Waals surface area contributed by atoms with E-state index < -0.39 is 12.1 Å². The van der Waals surface area contributed by atoms with Gasteiger partial charge in [0.2, 0.25) is 0 Å². The highest BCUT2D eigenvalue weighted by atomic mass is 16.5. The second kappa shape index (κ2) is 7.56. The zero-order valence-electron chi connectivity index (χ0n) is 11.7. The first kappa shape index (κ1) is 15.2. The average molecular weight is 267 g/mol. The fourth-order valence-electron chi connectivity index (χ4n) is 1.53. The van der Waals surface area contributed by atoms with Gasteiger partial charge in [0, 0.05) is 12.2 Å². The van der Waals surface area contributed by atoms with Gasteiger partial charge in [-0.3, -0.25) is 9.89 Å². The lowest BCUT2D eigenvalue weighted by molar-refractivity contribution is -0.129. The van der Waals surface area contributed by atoms with E-state index in [1.54, 1.807) is 13.0 Å². The number of aromatic nitrogens is 2. The summed E-state index contributed by atoms with van der Waals surface area (Å²) >= 11 is 0. The highest BCUT2D eigenvalue weighted by molar-refractivity contribution is 5.90. The van der Waals surface area contributed by atoms with Gasteiger partial charge in [0.05, 0.1) is 0 Å². The molecule has 6 nitrogen and oxygen atoms in total. The van der Waals surface area contributed by atoms with Gasteiger partial charge < -0.3 is 10.1 Å². The van der Waals surface area contributed by atoms with E-state index in [4.69, 9.17) is 4.74 Å². The van der Waals surface area contributed by atoms with Crippen molar-refractivity contribution in [2.45, 2.75) is 46.1 Å². The maximum absolute atomic E-state index is 11.8. The molecule has 1 amide bonds. The number of ether oxygens (including phenoxy) is 1. The Hall–Kier alpha value is -1.85. The Labute approximate surface area is 112 Å². The highest BCUT2D eigenvalue weighted by Gasteiger charge is 2.20. The molecule has 0 spiro atoms. The summed E-state index contributed by atoms with van der Waals surface area (Å²) in [6.45, 7) is 6.11. The molecule has 1 aromatic rings. The SMILES string of the molecule is CCCNC(=O)C(C)OC(=O)c1cc(CCC)[nH]n1. The summed E-state index contributed by atoms with van der Waals surface area (Å²) in [6, 6.07) is 1.66. The minimum absolute atomic E-state index is 0.207. The fourth-order valence-corrected chi connectivity index (χ4v) is 1.53. The molecule has 0 saturated heterocycles. The van der Waals surface area contributed by atoms with E-state index in [9.17, 15) is 9.59 Å². The van der Waals surface area contributed by atoms with Gasteiger partial charge >= 0.3 is 5.97 Å². The van der Waals surface area contributed by atoms with Gasteiger partial charge in [0.15, 0.2) is 11.8 Å². The Morgan fingerprint density at radius 3 is 2.79 bits per heavy atom. The molecule has 0 aliphatic heterocycles. The second-order valence-electron chi connectivity index (χ2n) is 4.37. The van der Waals surface area contributed by atoms with Crippen LogP contribution in [0.1, 0.15) is 49.8 Å². The van der Waals surface area contributed by atoms with Crippen molar-refractivity contribution in [1.82, 2.24) is 15.5 Å². The maximum Gasteiger partial charge on any atom is 0.359 e. The van der Waals surface area contributed by atoms with Crippen LogP contribution in [0.5, 0.6) is 0 Å². The molecule has 106 valence electrons. The van der Waals surface area contributed by atoms with Crippen molar-refractivity contribution < 1.29 is 14.3 Å². The van der Waals surface area contributed by atoms with Crippen molar-refractivity contribution in [3.8, 4) is 0 Å². The third-order valence-corrected chi connectivity index (χ3v) is 2.56. The number of rotatable bonds is 7. The van der Waals surface area contributed by atoms with Crippen LogP contribution in [0.15, 0.2) is 6.07 Å². The summed E-state index contributed by atoms with van der Waals surface area (Å²) in [6.07, 6.45) is 1.82. The monoisotopic (exact) mass is 267 g/mol. The number of carbonyl (C=O) groups excluding carboxylic acids is 2. The Morgan fingerprint density at radius 1 is 1.42 bits per heavy atom. The second-order valence-corrected chi connectivity index (χ2v) is 4.37. The van der Waals surface area contributed by atoms with E-state index in [0.717, 1.165) is 25.0 Å². The first-order valence-corrected chi connectivity index (χ1v) is 6.61. The first-order valence-electron chi connectivity index (χ1n) is 6.61. The smallest absolute Gasteiger partial charge is 0.359 e. The van der Waals surface area contributed by atoms with Gasteiger partial charge in [-0.05, 0) is 25.8 Å². The molecule has 1 rings (SSSR count). The van der Waals surface area contributed by atoms with Crippen LogP contribution in [-0.2, 0) is 16.0 Å². The van der Waals surface area contributed by atoms with E-state index >= 15 is 0 Å². The largest absolute Gasteiger partial charge is 0.448 e. The van der Waals surface area contributed by atoms with Crippen molar-refractivity contribution in [3.05, 3.63) is 17.5 Å². The predicted octanol–water partition coefficient (Wildman–Crippen LogP) is 1.43. The van der Waals surface area contributed by atoms with Crippen LogP contribution in [0.3, 0.4) is 0 Å². The number of aromatic amines is 1. The third kappa shape index (κ3) is 4.73. The number of esters is 1. The Kier molecular flexibility index (Phi) is 6.05. The molecule has 1 heterocycles. The number of nitrogens with one attached hydrogen (secondary N) is 2. The molecule has 1 unspecified atom stereocenters. The van der Waals surface area contributed by atoms with Crippen molar-refractivity contribution >= 4 is 11.9 Å². The molecule has 2 N–H and O–H groups in total. The highest BCUT2D eigenvalue weighted by Crippen LogP contribution is 2.05. The molecule has 0 aromatic carbocycles. The van der Waals surface area contributed by atoms with E-state index in [-0.39, 0.29) is 11.6 Å². The number of aryl methyl sites for hydroxylation is 1. The third-order valence-electron chi connectivity index (χ3n) is 2.56. The number of hydrogen-bond donors (Lipinski definition) is 2. The lowest BCUT2D eigenvalue weighted by atomic mass is 10.2. The summed E-state index contributed by atoms with van der Waals surface area (Å²) in [5.74, 6) is -0.878. The standard InChI is InChI=1S/C13H21N3O3/c1-4-6-10-8-11(16-15-10)13(18)19-9(3)12(17)14-7-5-2/h8-9H,4-7H2,1-3H3,(H,14,17)(H,15,16). The zero-order chi connectivity index (χ0) is 14.3. The van der Waals surface area contributed by atoms with E-state index in [0.29, 0.717) is 6.54 Å². The van der Waals surface area contributed by atoms with Crippen LogP contribution < -0.4 is 5.32 Å². The average Bonchev–Trinajstić information content (AvgIpc) is 2.85. The van der Waals surface area contributed by atoms with Crippen LogP contribution in [-0.4, -0.2) is 34.7 Å². The molecule has 1 atom stereocenters. The van der Waals surface area contributed by atoms with Gasteiger partial charge in [-0.15, -0.1) is 0 Å². The Morgan fingerprint density at radius 2 is 2.16 bits per heavy atom. The van der Waals surface area contributed by atoms with Gasteiger partial charge in [-0.1, -0.05) is 20.3 Å². The minimum atomic E-state index is -0.814. The maximum atomic E-state index is 11.8. The number of amides is 1. The lowest BCUT2D eigenvalue weighted by Crippen LogP contribution is -2.36. The normalized spacial score (nSPS) is 11.9. The molecule has 1 aromatic heterocycles. The molecule has 0 bridgehead atoms. The summed E-state index contributed by atoms with van der Waals surface area (Å²) in [7, 11) is 0. The van der Waals surface area contributed by atoms with Crippen molar-refractivity contribution in [2.24, 2.45) is 0 Å². The van der Waals surface area contributed by atoms with Crippen molar-refractivity contribution in [2.75, 3.05) is 6.54 Å². The predicted molar refractivity (Wildman–Crippen MR) is 70.8 cm³/mol. The van der Waals surface area contributed by atoms with Gasteiger partial charge in [-0.2, -0.15) is 5.10 Å². The van der Waals surface area contributed by atoms with Crippen molar-refractivity contribution in [3.63, 3.8) is 0 Å². The summed E-state index contributed by atoms with van der Waals surface area (Å²) in [5, 5.41) is 9.32. The van der Waals surface area contributed by atoms with Gasteiger partial charge in [-0.25, -0.2) is 4.79 Å². The van der Waals surface area contributed by atoms with Crippen LogP contribution >= 0.6 is 0 Å². The van der Waals surface area contributed by atoms with E-state index in [2.05, 4.69) is 15.5 Å². The van der Waals surface area contributed by atoms with Crippen LogP contribution in [0.4, 0.5) is 0 Å². The number of hydrogen-bond acceptors (Lipinski definition) is 4. The van der Waals surface area contributed by atoms with E-state index in [1.807, 2.05) is 13.8 Å². The molecule has 0 aliphatic rings. The molecular formula is C13H21N3O3. The molecule has 6 heteroatoms. The number of carbonyl (C=O) groups is 2. The number of H-pyrrole nitrogens is 1. The quantitative estimate of drug-likeness (QED) is 0.732. The zero-order valence-corrected chi connectivity index (χ0v) is 11.7. The summed E-state index contributed by atoms with van der Waals surface area (Å²) < 4.78 is 5.05. The molecule has 0 aliphatic carbocycles. The first-order chi connectivity index (χ1) is 9.08. The molecule has 0 radical (unpaired) electrons. The van der Waals surface area contributed by atoms with E-state index in [1.165, 1.54) is 0 Å². The van der Waals surface area contributed by atoms with Gasteiger partial charge in [0.1, 0.15) is 0 Å². The Balaban J connectivity index is 2.51. The molecular weight excluding hydrogens is 246 g/mol. The van der Waals surface area contributed by atoms with Crippen LogP contribution in [0.2, 0.25) is 0 Å². The Bertz CT molecular complexity index is 429. The van der Waals surface area contributed by atoms with Crippen LogP contribution in [0.25, 0.3) is 0 Å². The topological polar surface area (TPSA) is 84.1 Å². The molecule has 19 heavy (non-hydrogen) atoms. The lowest BCUT2D eigenvalue weighted by Gasteiger charge is -2.11. The van der Waals surface area contributed by atoms with Crippen molar-refractivity contribution in [1.29, 1.82) is 0 Å². The number of nitrogens with zero attached hydrogens (tertiary/aromatic N) is 1. The van der Waals surface area contributed by atoms with Gasteiger partial charge in [0.25, 0.3) is 5.91 Å². The minimum Gasteiger partial charge on any atom is -0.448 e. The summed E-state index contributed by atoms with van der Waals surface area (Å²) in [5.41, 5.74) is 1.09.